The molecule has 2 heterocycles. The third-order valence-corrected chi connectivity index (χ3v) is 7.63. The van der Waals surface area contributed by atoms with E-state index in [2.05, 4.69) is 15.9 Å². The molecule has 3 aromatic rings. The maximum absolute atomic E-state index is 15.4. The highest BCUT2D eigenvalue weighted by atomic mass is 79.9. The number of nitrogens with zero attached hydrogens (tertiary/aromatic N) is 1. The molecule has 1 aliphatic rings. The van der Waals surface area contributed by atoms with Crippen molar-refractivity contribution in [3.63, 3.8) is 0 Å². The maximum atomic E-state index is 15.4. The van der Waals surface area contributed by atoms with Gasteiger partial charge in [0, 0.05) is 11.1 Å². The Labute approximate surface area is 163 Å². The molecule has 0 N–H and O–H groups in total. The average molecular weight is 454 g/mol. The molecule has 0 spiro atoms. The Bertz CT molecular complexity index is 1080. The van der Waals surface area contributed by atoms with E-state index in [4.69, 9.17) is 4.74 Å². The summed E-state index contributed by atoms with van der Waals surface area (Å²) in [5.74, 6) is 0.531. The molecule has 0 aliphatic carbocycles. The summed E-state index contributed by atoms with van der Waals surface area (Å²) < 4.78 is 48.5. The van der Waals surface area contributed by atoms with Crippen molar-refractivity contribution in [3.05, 3.63) is 63.9 Å². The number of rotatable bonds is 3. The standard InChI is InChI=1S/C18H13BrFNO3S2/c1-24-11-6-8-12(9-7-11)26(22,23)21-15-10-16(19)25-17(15)13-4-2-3-5-14(13)18(21)20/h2-10,18H,1H3/t18-/m0/s1. The van der Waals surface area contributed by atoms with Gasteiger partial charge in [0.15, 0.2) is 0 Å². The first kappa shape index (κ1) is 17.5. The van der Waals surface area contributed by atoms with E-state index in [-0.39, 0.29) is 4.90 Å². The smallest absolute Gasteiger partial charge is 0.267 e. The first-order valence-corrected chi connectivity index (χ1v) is 10.7. The second-order valence-electron chi connectivity index (χ2n) is 5.66. The lowest BCUT2D eigenvalue weighted by Crippen LogP contribution is -2.35. The first-order chi connectivity index (χ1) is 12.4. The van der Waals surface area contributed by atoms with E-state index >= 15 is 4.39 Å². The number of thiophene rings is 1. The van der Waals surface area contributed by atoms with Gasteiger partial charge >= 0.3 is 0 Å². The Morgan fingerprint density at radius 2 is 1.85 bits per heavy atom. The van der Waals surface area contributed by atoms with Gasteiger partial charge in [-0.3, -0.25) is 0 Å². The summed E-state index contributed by atoms with van der Waals surface area (Å²) in [6.07, 6.45) is -1.80. The van der Waals surface area contributed by atoms with E-state index in [1.165, 1.54) is 30.6 Å². The molecular formula is C18H13BrFNO3S2. The van der Waals surface area contributed by atoms with Gasteiger partial charge in [0.25, 0.3) is 10.0 Å². The maximum Gasteiger partial charge on any atom is 0.267 e. The number of hydrogen-bond donors (Lipinski definition) is 0. The Morgan fingerprint density at radius 3 is 2.54 bits per heavy atom. The van der Waals surface area contributed by atoms with Gasteiger partial charge < -0.3 is 4.74 Å². The number of benzene rings is 2. The molecule has 26 heavy (non-hydrogen) atoms. The Balaban J connectivity index is 1.90. The van der Waals surface area contributed by atoms with Crippen LogP contribution in [0, 0.1) is 0 Å². The van der Waals surface area contributed by atoms with Gasteiger partial charge in [0.2, 0.25) is 6.30 Å². The minimum atomic E-state index is -4.09. The molecule has 0 amide bonds. The average Bonchev–Trinajstić information content (AvgIpc) is 3.03. The van der Waals surface area contributed by atoms with Crippen molar-refractivity contribution in [3.8, 4) is 16.2 Å². The molecule has 0 unspecified atom stereocenters. The molecule has 1 atom stereocenters. The molecule has 4 rings (SSSR count). The Kier molecular flexibility index (Phi) is 4.29. The number of hydrogen-bond acceptors (Lipinski definition) is 4. The van der Waals surface area contributed by atoms with Crippen LogP contribution in [0.1, 0.15) is 11.9 Å². The van der Waals surface area contributed by atoms with Crippen molar-refractivity contribution in [2.24, 2.45) is 0 Å². The van der Waals surface area contributed by atoms with Crippen molar-refractivity contribution in [2.45, 2.75) is 11.2 Å². The fourth-order valence-corrected chi connectivity index (χ4v) is 6.13. The van der Waals surface area contributed by atoms with Crippen LogP contribution in [0.15, 0.2) is 63.3 Å². The van der Waals surface area contributed by atoms with Crippen LogP contribution in [0.25, 0.3) is 10.4 Å². The molecule has 0 radical (unpaired) electrons. The van der Waals surface area contributed by atoms with Crippen LogP contribution in [-0.2, 0) is 10.0 Å². The van der Waals surface area contributed by atoms with Gasteiger partial charge in [-0.25, -0.2) is 17.1 Å². The van der Waals surface area contributed by atoms with Crippen molar-refractivity contribution >= 4 is 43.0 Å². The number of methoxy groups -OCH3 is 1. The molecule has 134 valence electrons. The van der Waals surface area contributed by atoms with Gasteiger partial charge in [-0.15, -0.1) is 11.3 Å². The first-order valence-electron chi connectivity index (χ1n) is 7.64. The number of fused-ring (bicyclic) bond motifs is 3. The second-order valence-corrected chi connectivity index (χ2v) is 9.91. The highest BCUT2D eigenvalue weighted by Gasteiger charge is 2.40. The van der Waals surface area contributed by atoms with Crippen molar-refractivity contribution < 1.29 is 17.5 Å². The summed E-state index contributed by atoms with van der Waals surface area (Å²) in [7, 11) is -2.59. The topological polar surface area (TPSA) is 46.6 Å². The number of sulfonamides is 1. The highest BCUT2D eigenvalue weighted by molar-refractivity contribution is 9.11. The predicted molar refractivity (Wildman–Crippen MR) is 104 cm³/mol. The molecule has 8 heteroatoms. The lowest BCUT2D eigenvalue weighted by atomic mass is 10.0. The molecule has 0 bridgehead atoms. The lowest BCUT2D eigenvalue weighted by Gasteiger charge is -2.33. The van der Waals surface area contributed by atoms with Gasteiger partial charge in [0.05, 0.1) is 26.4 Å². The van der Waals surface area contributed by atoms with Crippen LogP contribution in [0.4, 0.5) is 10.1 Å². The van der Waals surface area contributed by atoms with Crippen molar-refractivity contribution in [1.29, 1.82) is 0 Å². The van der Waals surface area contributed by atoms with E-state index in [1.807, 2.05) is 6.07 Å². The summed E-state index contributed by atoms with van der Waals surface area (Å²) in [5.41, 5.74) is 1.39. The van der Waals surface area contributed by atoms with Crippen LogP contribution in [-0.4, -0.2) is 15.5 Å². The number of halogens is 2. The fraction of sp³-hybridized carbons (Fsp3) is 0.111. The fourth-order valence-electron chi connectivity index (χ4n) is 2.98. The van der Waals surface area contributed by atoms with E-state index < -0.39 is 16.3 Å². The molecule has 0 saturated carbocycles. The van der Waals surface area contributed by atoms with E-state index in [1.54, 1.807) is 36.4 Å². The van der Waals surface area contributed by atoms with Crippen molar-refractivity contribution in [2.75, 3.05) is 11.4 Å². The minimum absolute atomic E-state index is 0.00797. The van der Waals surface area contributed by atoms with Crippen LogP contribution < -0.4 is 9.04 Å². The largest absolute Gasteiger partial charge is 0.497 e. The van der Waals surface area contributed by atoms with Crippen LogP contribution in [0.5, 0.6) is 5.75 Å². The molecule has 1 aromatic heterocycles. The van der Waals surface area contributed by atoms with Gasteiger partial charge in [-0.1, -0.05) is 24.3 Å². The summed E-state index contributed by atoms with van der Waals surface area (Å²) in [6.45, 7) is 0. The summed E-state index contributed by atoms with van der Waals surface area (Å²) >= 11 is 4.77. The third-order valence-electron chi connectivity index (χ3n) is 4.20. The quantitative estimate of drug-likeness (QED) is 0.501. The second kappa shape index (κ2) is 6.37. The third kappa shape index (κ3) is 2.64. The van der Waals surface area contributed by atoms with Crippen LogP contribution in [0.2, 0.25) is 0 Å². The molecule has 2 aromatic carbocycles. The zero-order chi connectivity index (χ0) is 18.5. The number of anilines is 1. The van der Waals surface area contributed by atoms with E-state index in [0.717, 1.165) is 13.0 Å². The number of ether oxygens (including phenoxy) is 1. The zero-order valence-electron chi connectivity index (χ0n) is 13.5. The van der Waals surface area contributed by atoms with E-state index in [0.29, 0.717) is 22.6 Å². The van der Waals surface area contributed by atoms with Crippen molar-refractivity contribution in [1.82, 2.24) is 0 Å². The Hall–Kier alpha value is -1.90. The zero-order valence-corrected chi connectivity index (χ0v) is 16.7. The van der Waals surface area contributed by atoms with Crippen LogP contribution >= 0.6 is 27.3 Å². The SMILES string of the molecule is COc1ccc(S(=O)(=O)N2c3cc(Br)sc3-c3ccccc3[C@H]2F)cc1. The molecular weight excluding hydrogens is 441 g/mol. The number of alkyl halides is 1. The van der Waals surface area contributed by atoms with Gasteiger partial charge in [-0.05, 0) is 46.3 Å². The summed E-state index contributed by atoms with van der Waals surface area (Å²) in [4.78, 5) is 0.729. The Morgan fingerprint density at radius 1 is 1.15 bits per heavy atom. The predicted octanol–water partition coefficient (Wildman–Crippen LogP) is 5.36. The lowest BCUT2D eigenvalue weighted by molar-refractivity contribution is 0.355. The normalized spacial score (nSPS) is 16.1. The van der Waals surface area contributed by atoms with Gasteiger partial charge in [-0.2, -0.15) is 0 Å². The monoisotopic (exact) mass is 453 g/mol. The van der Waals surface area contributed by atoms with Gasteiger partial charge in [0.1, 0.15) is 5.75 Å². The molecule has 1 aliphatic heterocycles. The molecule has 0 fully saturated rings. The molecule has 4 nitrogen and oxygen atoms in total. The minimum Gasteiger partial charge on any atom is -0.497 e. The summed E-state index contributed by atoms with van der Waals surface area (Å²) in [5, 5.41) is 0. The molecule has 0 saturated heterocycles. The van der Waals surface area contributed by atoms with Crippen LogP contribution in [0.3, 0.4) is 0 Å². The highest BCUT2D eigenvalue weighted by Crippen LogP contribution is 2.52. The summed E-state index contributed by atoms with van der Waals surface area (Å²) in [6, 6.07) is 14.5. The van der Waals surface area contributed by atoms with E-state index in [9.17, 15) is 8.42 Å².